The number of rotatable bonds is 23. The van der Waals surface area contributed by atoms with Crippen LogP contribution in [-0.2, 0) is 38.6 Å². The average molecular weight is 790 g/mol. The lowest BCUT2D eigenvalue weighted by atomic mass is 9.93. The van der Waals surface area contributed by atoms with Crippen molar-refractivity contribution in [1.82, 2.24) is 24.8 Å². The summed E-state index contributed by atoms with van der Waals surface area (Å²) in [6.07, 6.45) is 3.07. The Hall–Kier alpha value is -4.14. The number of aromatic nitrogens is 3. The molecule has 13 nitrogen and oxygen atoms in total. The number of nitriles is 1. The van der Waals surface area contributed by atoms with Crippen molar-refractivity contribution in [2.45, 2.75) is 50.1 Å². The number of hydrogen-bond donors (Lipinski definition) is 2. The normalized spacial score (nSPS) is 16.1. The molecule has 3 N–H and O–H groups in total. The summed E-state index contributed by atoms with van der Waals surface area (Å²) < 4.78 is 44.4. The first-order valence-corrected chi connectivity index (χ1v) is 20.5. The van der Waals surface area contributed by atoms with Gasteiger partial charge in [0.05, 0.1) is 82.1 Å². The van der Waals surface area contributed by atoms with Crippen LogP contribution in [0.5, 0.6) is 5.88 Å². The highest BCUT2D eigenvalue weighted by Crippen LogP contribution is 2.33. The molecule has 300 valence electrons. The van der Waals surface area contributed by atoms with E-state index in [0.717, 1.165) is 61.6 Å². The molecule has 1 atom stereocenters. The summed E-state index contributed by atoms with van der Waals surface area (Å²) in [5.74, 6) is 2.33. The number of nitrogens with two attached hydrogens (primary N) is 1. The van der Waals surface area contributed by atoms with Crippen LogP contribution in [0.1, 0.15) is 58.2 Å². The zero-order valence-electron chi connectivity index (χ0n) is 31.8. The van der Waals surface area contributed by atoms with Crippen LogP contribution in [0.3, 0.4) is 0 Å². The molecule has 0 aliphatic carbocycles. The molecule has 4 heterocycles. The van der Waals surface area contributed by atoms with Crippen molar-refractivity contribution in [3.05, 3.63) is 88.6 Å². The Morgan fingerprint density at radius 2 is 1.66 bits per heavy atom. The Kier molecular flexibility index (Phi) is 16.3. The molecule has 15 heteroatoms. The standard InChI is InChI=1S/C41H52FN7O6S/c42-35-24-30(26-44)4-5-33(35)29-55-40-3-1-2-36(47-40)31-8-13-48(14-9-31)28-39-46-37-7-6-32(25-38(37)49(39)27-34-10-23-56-34)41(50)45-12-16-52-18-20-54-22-21-53-19-17-51-15-11-43/h1-7,24-25,31,34H,8-23,27-29,43H2,(H,45,50). The molecule has 1 amide bonds. The zero-order chi connectivity index (χ0) is 39.0. The van der Waals surface area contributed by atoms with E-state index in [-0.39, 0.29) is 24.0 Å². The van der Waals surface area contributed by atoms with Crippen LogP contribution in [0.15, 0.2) is 54.6 Å². The van der Waals surface area contributed by atoms with E-state index in [2.05, 4.69) is 14.8 Å². The van der Waals surface area contributed by atoms with Crippen LogP contribution in [0, 0.1) is 17.1 Å². The molecule has 2 aliphatic heterocycles. The Balaban J connectivity index is 0.959. The smallest absolute Gasteiger partial charge is 0.251 e. The van der Waals surface area contributed by atoms with Gasteiger partial charge in [0.15, 0.2) is 0 Å². The number of hydrogen-bond acceptors (Lipinski definition) is 12. The number of imidazole rings is 1. The third-order valence-corrected chi connectivity index (χ3v) is 11.2. The van der Waals surface area contributed by atoms with E-state index in [1.807, 2.05) is 48.2 Å². The van der Waals surface area contributed by atoms with Gasteiger partial charge in [0.25, 0.3) is 5.91 Å². The van der Waals surface area contributed by atoms with Crippen molar-refractivity contribution < 1.29 is 32.9 Å². The third kappa shape index (κ3) is 12.2. The number of benzene rings is 2. The van der Waals surface area contributed by atoms with Crippen molar-refractivity contribution in [2.75, 3.05) is 84.8 Å². The lowest BCUT2D eigenvalue weighted by Gasteiger charge is -2.32. The van der Waals surface area contributed by atoms with E-state index in [1.165, 1.54) is 18.2 Å². The van der Waals surface area contributed by atoms with Gasteiger partial charge in [-0.15, -0.1) is 0 Å². The minimum absolute atomic E-state index is 0.0380. The fraction of sp³-hybridized carbons (Fsp3) is 0.512. The highest BCUT2D eigenvalue weighted by Gasteiger charge is 2.26. The predicted molar refractivity (Wildman–Crippen MR) is 212 cm³/mol. The molecule has 0 saturated carbocycles. The van der Waals surface area contributed by atoms with E-state index >= 15 is 0 Å². The minimum Gasteiger partial charge on any atom is -0.473 e. The number of pyridine rings is 1. The number of halogens is 1. The third-order valence-electron chi connectivity index (χ3n) is 9.85. The SMILES string of the molecule is N#Cc1ccc(COc2cccc(C3CCN(Cc4nc5ccc(C(=O)NCCOCCOCCOCCOCCN)cc5n4CC4CCS4)CC3)n2)c(F)c1. The Labute approximate surface area is 332 Å². The van der Waals surface area contributed by atoms with Gasteiger partial charge < -0.3 is 39.3 Å². The quantitative estimate of drug-likeness (QED) is 0.100. The van der Waals surface area contributed by atoms with Gasteiger partial charge >= 0.3 is 0 Å². The van der Waals surface area contributed by atoms with E-state index in [0.29, 0.717) is 88.2 Å². The van der Waals surface area contributed by atoms with Crippen molar-refractivity contribution in [1.29, 1.82) is 5.26 Å². The summed E-state index contributed by atoms with van der Waals surface area (Å²) in [7, 11) is 0. The Morgan fingerprint density at radius 3 is 2.34 bits per heavy atom. The summed E-state index contributed by atoms with van der Waals surface area (Å²) >= 11 is 1.98. The van der Waals surface area contributed by atoms with Gasteiger partial charge in [0.1, 0.15) is 18.2 Å². The zero-order valence-corrected chi connectivity index (χ0v) is 32.7. The summed E-state index contributed by atoms with van der Waals surface area (Å²) in [4.78, 5) is 25.4. The van der Waals surface area contributed by atoms with Crippen LogP contribution in [-0.4, -0.2) is 115 Å². The van der Waals surface area contributed by atoms with Crippen molar-refractivity contribution in [2.24, 2.45) is 5.73 Å². The topological polar surface area (TPSA) is 159 Å². The van der Waals surface area contributed by atoms with Gasteiger partial charge in [-0.3, -0.25) is 9.69 Å². The van der Waals surface area contributed by atoms with Gasteiger partial charge in [0.2, 0.25) is 5.88 Å². The summed E-state index contributed by atoms with van der Waals surface area (Å²) in [6.45, 7) is 8.16. The molecule has 56 heavy (non-hydrogen) atoms. The number of carbonyl (C=O) groups excluding carboxylic acids is 1. The monoisotopic (exact) mass is 789 g/mol. The predicted octanol–water partition coefficient (Wildman–Crippen LogP) is 4.66. The first kappa shape index (κ1) is 41.5. The fourth-order valence-electron chi connectivity index (χ4n) is 6.67. The maximum Gasteiger partial charge on any atom is 0.251 e. The summed E-state index contributed by atoms with van der Waals surface area (Å²) in [5.41, 5.74) is 9.49. The number of amides is 1. The number of ether oxygens (including phenoxy) is 5. The molecule has 0 radical (unpaired) electrons. The van der Waals surface area contributed by atoms with Crippen LogP contribution >= 0.6 is 11.8 Å². The highest BCUT2D eigenvalue weighted by atomic mass is 32.2. The number of carbonyl (C=O) groups is 1. The Morgan fingerprint density at radius 1 is 0.929 bits per heavy atom. The molecule has 2 aromatic carbocycles. The van der Waals surface area contributed by atoms with E-state index < -0.39 is 5.82 Å². The molecule has 6 rings (SSSR count). The molecule has 0 bridgehead atoms. The molecular formula is C41H52FN7O6S. The van der Waals surface area contributed by atoms with Crippen molar-refractivity contribution >= 4 is 28.7 Å². The van der Waals surface area contributed by atoms with Crippen LogP contribution in [0.25, 0.3) is 11.0 Å². The van der Waals surface area contributed by atoms with Crippen LogP contribution < -0.4 is 15.8 Å². The van der Waals surface area contributed by atoms with Crippen LogP contribution in [0.4, 0.5) is 4.39 Å². The van der Waals surface area contributed by atoms with Crippen LogP contribution in [0.2, 0.25) is 0 Å². The summed E-state index contributed by atoms with van der Waals surface area (Å²) in [5, 5.41) is 12.5. The first-order chi connectivity index (χ1) is 27.5. The Bertz CT molecular complexity index is 1900. The first-order valence-electron chi connectivity index (χ1n) is 19.4. The molecule has 2 fully saturated rings. The number of likely N-dealkylation sites (tertiary alicyclic amines) is 1. The van der Waals surface area contributed by atoms with Gasteiger partial charge in [-0.2, -0.15) is 17.0 Å². The number of fused-ring (bicyclic) bond motifs is 1. The largest absolute Gasteiger partial charge is 0.473 e. The molecule has 0 spiro atoms. The second-order valence-electron chi connectivity index (χ2n) is 13.8. The maximum atomic E-state index is 14.4. The fourth-order valence-corrected chi connectivity index (χ4v) is 7.49. The number of piperidine rings is 1. The van der Waals surface area contributed by atoms with E-state index in [9.17, 15) is 9.18 Å². The second kappa shape index (κ2) is 22.0. The molecule has 2 aromatic heterocycles. The molecule has 1 unspecified atom stereocenters. The average Bonchev–Trinajstić information content (AvgIpc) is 3.54. The molecular weight excluding hydrogens is 738 g/mol. The number of thioether (sulfide) groups is 1. The number of nitrogens with one attached hydrogen (secondary N) is 1. The number of nitrogens with zero attached hydrogens (tertiary/aromatic N) is 5. The van der Waals surface area contributed by atoms with E-state index in [4.69, 9.17) is 44.6 Å². The highest BCUT2D eigenvalue weighted by molar-refractivity contribution is 8.01. The van der Waals surface area contributed by atoms with Crippen molar-refractivity contribution in [3.8, 4) is 11.9 Å². The van der Waals surface area contributed by atoms with Gasteiger partial charge in [-0.05, 0) is 74.5 Å². The van der Waals surface area contributed by atoms with Gasteiger partial charge in [0, 0.05) is 53.7 Å². The van der Waals surface area contributed by atoms with E-state index in [1.54, 1.807) is 18.2 Å². The van der Waals surface area contributed by atoms with Gasteiger partial charge in [-0.1, -0.05) is 12.1 Å². The molecule has 2 aliphatic rings. The summed E-state index contributed by atoms with van der Waals surface area (Å²) in [6, 6.07) is 17.8. The molecule has 2 saturated heterocycles. The second-order valence-corrected chi connectivity index (χ2v) is 15.2. The lowest BCUT2D eigenvalue weighted by molar-refractivity contribution is -0.000579. The van der Waals surface area contributed by atoms with Crippen molar-refractivity contribution in [3.63, 3.8) is 0 Å². The van der Waals surface area contributed by atoms with Gasteiger partial charge in [-0.25, -0.2) is 14.4 Å². The maximum absolute atomic E-state index is 14.4. The minimum atomic E-state index is -0.464. The lowest BCUT2D eigenvalue weighted by Crippen LogP contribution is -2.34. The molecule has 4 aromatic rings.